The van der Waals surface area contributed by atoms with Gasteiger partial charge in [-0.15, -0.1) is 0 Å². The molecule has 0 aromatic heterocycles. The summed E-state index contributed by atoms with van der Waals surface area (Å²) in [5, 5.41) is 3.42. The first-order chi connectivity index (χ1) is 13.9. The molecule has 0 spiro atoms. The minimum Gasteiger partial charge on any atom is -0.336 e. The van der Waals surface area contributed by atoms with E-state index in [0.717, 1.165) is 39.0 Å². The number of amides is 2. The van der Waals surface area contributed by atoms with Gasteiger partial charge in [-0.3, -0.25) is 19.4 Å². The summed E-state index contributed by atoms with van der Waals surface area (Å²) in [5.41, 5.74) is 0.641. The van der Waals surface area contributed by atoms with Crippen molar-refractivity contribution >= 4 is 29.1 Å². The number of carbonyl (C=O) groups excluding carboxylic acids is 2. The van der Waals surface area contributed by atoms with Crippen molar-refractivity contribution in [2.75, 3.05) is 38.0 Å². The third-order valence-electron chi connectivity index (χ3n) is 6.28. The molecule has 1 N–H and O–H groups in total. The van der Waals surface area contributed by atoms with Crippen molar-refractivity contribution in [3.63, 3.8) is 0 Å². The van der Waals surface area contributed by atoms with Crippen LogP contribution in [0.2, 0.25) is 5.02 Å². The number of para-hydroxylation sites is 1. The molecule has 1 aromatic rings. The second kappa shape index (κ2) is 9.92. The van der Waals surface area contributed by atoms with Crippen molar-refractivity contribution in [2.24, 2.45) is 0 Å². The molecular formula is C22H33ClN4O2. The molecule has 0 bridgehead atoms. The number of hydrogen-bond donors (Lipinski definition) is 1. The maximum Gasteiger partial charge on any atom is 0.240 e. The number of rotatable bonds is 5. The number of likely N-dealkylation sites (tertiary alicyclic amines) is 1. The summed E-state index contributed by atoms with van der Waals surface area (Å²) in [6, 6.07) is 7.78. The van der Waals surface area contributed by atoms with E-state index in [2.05, 4.69) is 33.9 Å². The highest BCUT2D eigenvalue weighted by Crippen LogP contribution is 2.24. The highest BCUT2D eigenvalue weighted by Gasteiger charge is 2.35. The van der Waals surface area contributed by atoms with Crippen LogP contribution in [0.5, 0.6) is 0 Å². The Bertz CT molecular complexity index is 711. The Morgan fingerprint density at radius 2 is 1.72 bits per heavy atom. The zero-order valence-electron chi connectivity index (χ0n) is 17.7. The summed E-state index contributed by atoms with van der Waals surface area (Å²) in [7, 11) is 0. The predicted octanol–water partition coefficient (Wildman–Crippen LogP) is 3.07. The Hall–Kier alpha value is -1.63. The Balaban J connectivity index is 1.47. The van der Waals surface area contributed by atoms with Crippen molar-refractivity contribution in [1.29, 1.82) is 0 Å². The number of benzene rings is 1. The molecule has 2 aliphatic heterocycles. The summed E-state index contributed by atoms with van der Waals surface area (Å²) >= 11 is 6.11. The number of nitrogens with zero attached hydrogens (tertiary/aromatic N) is 3. The van der Waals surface area contributed by atoms with Gasteiger partial charge < -0.3 is 10.2 Å². The smallest absolute Gasteiger partial charge is 0.240 e. The summed E-state index contributed by atoms with van der Waals surface area (Å²) < 4.78 is 0. The Labute approximate surface area is 179 Å². The first-order valence-electron chi connectivity index (χ1n) is 10.7. The number of piperidine rings is 1. The maximum atomic E-state index is 13.1. The number of hydrogen-bond acceptors (Lipinski definition) is 4. The van der Waals surface area contributed by atoms with E-state index in [1.807, 2.05) is 19.1 Å². The average molecular weight is 421 g/mol. The van der Waals surface area contributed by atoms with Gasteiger partial charge >= 0.3 is 0 Å². The van der Waals surface area contributed by atoms with Crippen LogP contribution in [0.25, 0.3) is 0 Å². The van der Waals surface area contributed by atoms with Crippen LogP contribution in [0.15, 0.2) is 24.3 Å². The second-order valence-electron chi connectivity index (χ2n) is 8.39. The summed E-state index contributed by atoms with van der Waals surface area (Å²) in [6.45, 7) is 9.83. The quantitative estimate of drug-likeness (QED) is 0.795. The molecule has 2 amide bonds. The van der Waals surface area contributed by atoms with Gasteiger partial charge in [0.25, 0.3) is 0 Å². The number of nitrogens with one attached hydrogen (secondary N) is 1. The Morgan fingerprint density at radius 1 is 1.10 bits per heavy atom. The molecule has 160 valence electrons. The third-order valence-corrected chi connectivity index (χ3v) is 6.60. The van der Waals surface area contributed by atoms with Crippen molar-refractivity contribution < 1.29 is 9.59 Å². The highest BCUT2D eigenvalue weighted by atomic mass is 35.5. The fraction of sp³-hybridized carbons (Fsp3) is 0.636. The largest absolute Gasteiger partial charge is 0.336 e. The lowest BCUT2D eigenvalue weighted by Crippen LogP contribution is -2.58. The lowest BCUT2D eigenvalue weighted by atomic mass is 9.96. The number of anilines is 1. The van der Waals surface area contributed by atoms with Gasteiger partial charge in [0.15, 0.2) is 0 Å². The number of halogens is 1. The molecular weight excluding hydrogens is 388 g/mol. The Morgan fingerprint density at radius 3 is 2.34 bits per heavy atom. The molecule has 2 fully saturated rings. The first kappa shape index (κ1) is 22.1. The second-order valence-corrected chi connectivity index (χ2v) is 8.80. The SMILES string of the molecule is CC(C(=O)N1C(C)CCCC1C)N1CCN(CC(=O)Nc2ccccc2Cl)CC1. The van der Waals surface area contributed by atoms with Gasteiger partial charge in [0.1, 0.15) is 0 Å². The molecule has 29 heavy (non-hydrogen) atoms. The molecule has 0 saturated carbocycles. The maximum absolute atomic E-state index is 13.1. The van der Waals surface area contributed by atoms with Crippen LogP contribution in [-0.4, -0.2) is 77.4 Å². The number of carbonyl (C=O) groups is 2. The van der Waals surface area contributed by atoms with E-state index < -0.39 is 0 Å². The van der Waals surface area contributed by atoms with Gasteiger partial charge in [0.2, 0.25) is 11.8 Å². The number of piperazine rings is 1. The molecule has 3 unspecified atom stereocenters. The zero-order valence-corrected chi connectivity index (χ0v) is 18.5. The fourth-order valence-corrected chi connectivity index (χ4v) is 4.67. The lowest BCUT2D eigenvalue weighted by Gasteiger charge is -2.44. The average Bonchev–Trinajstić information content (AvgIpc) is 2.69. The normalized spacial score (nSPS) is 24.9. The van der Waals surface area contributed by atoms with Gasteiger partial charge in [-0.05, 0) is 52.2 Å². The summed E-state index contributed by atoms with van der Waals surface area (Å²) in [5.74, 6) is 0.182. The standard InChI is InChI=1S/C22H33ClN4O2/c1-16-7-6-8-17(2)27(16)22(29)18(3)26-13-11-25(12-14-26)15-21(28)24-20-10-5-4-9-19(20)23/h4-5,9-10,16-18H,6-8,11-15H2,1-3H3,(H,24,28). The predicted molar refractivity (Wildman–Crippen MR) is 117 cm³/mol. The molecule has 2 aliphatic rings. The molecule has 2 heterocycles. The van der Waals surface area contributed by atoms with Crippen LogP contribution in [-0.2, 0) is 9.59 Å². The topological polar surface area (TPSA) is 55.9 Å². The van der Waals surface area contributed by atoms with Crippen LogP contribution >= 0.6 is 11.6 Å². The minimum atomic E-state index is -0.114. The Kier molecular flexibility index (Phi) is 7.55. The van der Waals surface area contributed by atoms with Gasteiger partial charge in [-0.25, -0.2) is 0 Å². The van der Waals surface area contributed by atoms with E-state index in [-0.39, 0.29) is 17.9 Å². The van der Waals surface area contributed by atoms with Crippen LogP contribution in [0, 0.1) is 0 Å². The van der Waals surface area contributed by atoms with E-state index in [1.54, 1.807) is 12.1 Å². The van der Waals surface area contributed by atoms with Gasteiger partial charge in [0, 0.05) is 38.3 Å². The third kappa shape index (κ3) is 5.50. The molecule has 2 saturated heterocycles. The molecule has 6 nitrogen and oxygen atoms in total. The van der Waals surface area contributed by atoms with E-state index in [9.17, 15) is 9.59 Å². The molecule has 3 atom stereocenters. The van der Waals surface area contributed by atoms with E-state index in [0.29, 0.717) is 29.3 Å². The van der Waals surface area contributed by atoms with Crippen LogP contribution < -0.4 is 5.32 Å². The summed E-state index contributed by atoms with van der Waals surface area (Å²) in [6.07, 6.45) is 3.39. The highest BCUT2D eigenvalue weighted by molar-refractivity contribution is 6.33. The molecule has 0 radical (unpaired) electrons. The van der Waals surface area contributed by atoms with Crippen molar-refractivity contribution in [1.82, 2.24) is 14.7 Å². The minimum absolute atomic E-state index is 0.0633. The van der Waals surface area contributed by atoms with Gasteiger partial charge in [-0.1, -0.05) is 23.7 Å². The van der Waals surface area contributed by atoms with Crippen LogP contribution in [0.3, 0.4) is 0 Å². The lowest BCUT2D eigenvalue weighted by molar-refractivity contribution is -0.143. The van der Waals surface area contributed by atoms with E-state index >= 15 is 0 Å². The van der Waals surface area contributed by atoms with Crippen LogP contribution in [0.4, 0.5) is 5.69 Å². The molecule has 3 rings (SSSR count). The molecule has 1 aromatic carbocycles. The first-order valence-corrected chi connectivity index (χ1v) is 11.1. The zero-order chi connectivity index (χ0) is 21.0. The molecule has 0 aliphatic carbocycles. The van der Waals surface area contributed by atoms with E-state index in [4.69, 9.17) is 11.6 Å². The monoisotopic (exact) mass is 420 g/mol. The van der Waals surface area contributed by atoms with Crippen molar-refractivity contribution in [3.05, 3.63) is 29.3 Å². The van der Waals surface area contributed by atoms with Gasteiger partial charge in [0.05, 0.1) is 23.3 Å². The summed E-state index contributed by atoms with van der Waals surface area (Å²) in [4.78, 5) is 31.9. The van der Waals surface area contributed by atoms with Crippen molar-refractivity contribution in [2.45, 2.75) is 58.2 Å². The molecule has 7 heteroatoms. The van der Waals surface area contributed by atoms with Crippen LogP contribution in [0.1, 0.15) is 40.0 Å². The fourth-order valence-electron chi connectivity index (χ4n) is 4.49. The van der Waals surface area contributed by atoms with Gasteiger partial charge in [-0.2, -0.15) is 0 Å². The van der Waals surface area contributed by atoms with Crippen molar-refractivity contribution in [3.8, 4) is 0 Å². The van der Waals surface area contributed by atoms with E-state index in [1.165, 1.54) is 6.42 Å².